The maximum Gasteiger partial charge on any atom is 0.287 e. The first-order chi connectivity index (χ1) is 8.66. The number of hydrogen-bond acceptors (Lipinski definition) is 3. The van der Waals surface area contributed by atoms with Gasteiger partial charge in [0.2, 0.25) is 5.78 Å². The van der Waals surface area contributed by atoms with Crippen molar-refractivity contribution in [2.75, 3.05) is 12.3 Å². The van der Waals surface area contributed by atoms with Gasteiger partial charge in [-0.2, -0.15) is 0 Å². The Morgan fingerprint density at radius 2 is 2.22 bits per heavy atom. The molecular formula is C14H17NO2S. The number of amides is 1. The molecule has 96 valence electrons. The van der Waals surface area contributed by atoms with Crippen molar-refractivity contribution in [3.8, 4) is 0 Å². The molecule has 0 aromatic heterocycles. The molecule has 2 rings (SSSR count). The van der Waals surface area contributed by atoms with E-state index in [2.05, 4.69) is 23.5 Å². The first-order valence-electron chi connectivity index (χ1n) is 6.20. The molecule has 1 aromatic rings. The van der Waals surface area contributed by atoms with Gasteiger partial charge in [0.1, 0.15) is 0 Å². The molecule has 1 aliphatic rings. The molecule has 4 heteroatoms. The Labute approximate surface area is 111 Å². The number of benzene rings is 1. The summed E-state index contributed by atoms with van der Waals surface area (Å²) in [6.07, 6.45) is 3.16. The van der Waals surface area contributed by atoms with E-state index in [-0.39, 0.29) is 0 Å². The summed E-state index contributed by atoms with van der Waals surface area (Å²) in [5.41, 5.74) is 2.64. The van der Waals surface area contributed by atoms with Gasteiger partial charge < -0.3 is 5.32 Å². The molecule has 3 nitrogen and oxygen atoms in total. The predicted octanol–water partition coefficient (Wildman–Crippen LogP) is 1.97. The highest BCUT2D eigenvalue weighted by molar-refractivity contribution is 7.99. The molecule has 1 N–H and O–H groups in total. The molecule has 0 saturated carbocycles. The summed E-state index contributed by atoms with van der Waals surface area (Å²) in [5.74, 6) is 0.279. The lowest BCUT2D eigenvalue weighted by Gasteiger charge is -2.16. The third kappa shape index (κ3) is 3.35. The maximum atomic E-state index is 11.1. The Morgan fingerprint density at radius 1 is 1.39 bits per heavy atom. The van der Waals surface area contributed by atoms with E-state index in [0.29, 0.717) is 6.54 Å². The Morgan fingerprint density at radius 3 is 3.00 bits per heavy atom. The van der Waals surface area contributed by atoms with Crippen LogP contribution in [0.1, 0.15) is 24.5 Å². The van der Waals surface area contributed by atoms with Gasteiger partial charge in [-0.25, -0.2) is 0 Å². The van der Waals surface area contributed by atoms with Gasteiger partial charge in [-0.1, -0.05) is 12.1 Å². The smallest absolute Gasteiger partial charge is 0.287 e. The molecule has 0 aliphatic carbocycles. The highest BCUT2D eigenvalue weighted by Crippen LogP contribution is 2.30. The Bertz CT molecular complexity index is 471. The first kappa shape index (κ1) is 13.1. The van der Waals surface area contributed by atoms with E-state index >= 15 is 0 Å². The quantitative estimate of drug-likeness (QED) is 0.845. The van der Waals surface area contributed by atoms with Gasteiger partial charge in [0.15, 0.2) is 0 Å². The molecule has 1 heterocycles. The minimum Gasteiger partial charge on any atom is -0.349 e. The Kier molecular flexibility index (Phi) is 4.42. The van der Waals surface area contributed by atoms with E-state index in [4.69, 9.17) is 0 Å². The van der Waals surface area contributed by atoms with Crippen molar-refractivity contribution >= 4 is 23.5 Å². The van der Waals surface area contributed by atoms with Crippen LogP contribution < -0.4 is 5.32 Å². The van der Waals surface area contributed by atoms with E-state index in [0.717, 1.165) is 12.8 Å². The third-order valence-electron chi connectivity index (χ3n) is 2.99. The van der Waals surface area contributed by atoms with Crippen LogP contribution in [0.2, 0.25) is 0 Å². The standard InChI is InChI=1S/C14H17NO2S/c1-10(16)14(17)15-7-6-11-4-5-13-12(9-11)3-2-8-18-13/h4-5,9H,2-3,6-8H2,1H3,(H,15,17). The predicted molar refractivity (Wildman–Crippen MR) is 72.9 cm³/mol. The Balaban J connectivity index is 1.90. The lowest BCUT2D eigenvalue weighted by molar-refractivity contribution is -0.136. The van der Waals surface area contributed by atoms with Gasteiger partial charge in [0, 0.05) is 18.4 Å². The summed E-state index contributed by atoms with van der Waals surface area (Å²) >= 11 is 1.92. The third-order valence-corrected chi connectivity index (χ3v) is 4.19. The number of thioether (sulfide) groups is 1. The second-order valence-corrected chi connectivity index (χ2v) is 5.59. The molecule has 0 atom stereocenters. The minimum absolute atomic E-state index is 0.433. The topological polar surface area (TPSA) is 46.2 Å². The molecule has 1 aliphatic heterocycles. The fourth-order valence-electron chi connectivity index (χ4n) is 2.01. The number of nitrogens with one attached hydrogen (secondary N) is 1. The zero-order valence-electron chi connectivity index (χ0n) is 10.5. The van der Waals surface area contributed by atoms with Gasteiger partial charge in [0.25, 0.3) is 5.91 Å². The fourth-order valence-corrected chi connectivity index (χ4v) is 3.03. The summed E-state index contributed by atoms with van der Waals surface area (Å²) in [5, 5.41) is 2.62. The number of carbonyl (C=O) groups excluding carboxylic acids is 2. The molecule has 0 bridgehead atoms. The van der Waals surface area contributed by atoms with E-state index in [1.54, 1.807) is 0 Å². The number of hydrogen-bond donors (Lipinski definition) is 1. The SMILES string of the molecule is CC(=O)C(=O)NCCc1ccc2c(c1)CCCS2. The molecule has 0 radical (unpaired) electrons. The van der Waals surface area contributed by atoms with E-state index in [1.165, 1.54) is 35.1 Å². The van der Waals surface area contributed by atoms with Crippen molar-refractivity contribution in [3.63, 3.8) is 0 Å². The highest BCUT2D eigenvalue weighted by atomic mass is 32.2. The average molecular weight is 263 g/mol. The molecule has 1 amide bonds. The van der Waals surface area contributed by atoms with Crippen molar-refractivity contribution in [3.05, 3.63) is 29.3 Å². The fraction of sp³-hybridized carbons (Fsp3) is 0.429. The van der Waals surface area contributed by atoms with Crippen LogP contribution in [0.15, 0.2) is 23.1 Å². The second kappa shape index (κ2) is 6.05. The van der Waals surface area contributed by atoms with Gasteiger partial charge in [-0.05, 0) is 42.2 Å². The van der Waals surface area contributed by atoms with Crippen LogP contribution in [0, 0.1) is 0 Å². The number of ketones is 1. The van der Waals surface area contributed by atoms with Gasteiger partial charge in [-0.3, -0.25) is 9.59 Å². The van der Waals surface area contributed by atoms with E-state index in [9.17, 15) is 9.59 Å². The zero-order valence-corrected chi connectivity index (χ0v) is 11.3. The molecular weight excluding hydrogens is 246 g/mol. The normalized spacial score (nSPS) is 13.8. The second-order valence-electron chi connectivity index (χ2n) is 4.46. The number of Topliss-reactive ketones (excluding diaryl/α,β-unsaturated/α-hetero) is 1. The lowest BCUT2D eigenvalue weighted by atomic mass is 10.0. The zero-order chi connectivity index (χ0) is 13.0. The van der Waals surface area contributed by atoms with Gasteiger partial charge >= 0.3 is 0 Å². The van der Waals surface area contributed by atoms with Crippen LogP contribution >= 0.6 is 11.8 Å². The van der Waals surface area contributed by atoms with Crippen molar-refractivity contribution in [2.45, 2.75) is 31.1 Å². The number of carbonyl (C=O) groups is 2. The van der Waals surface area contributed by atoms with E-state index in [1.807, 2.05) is 11.8 Å². The highest BCUT2D eigenvalue weighted by Gasteiger charge is 2.10. The molecule has 0 unspecified atom stereocenters. The summed E-state index contributed by atoms with van der Waals surface area (Å²) in [4.78, 5) is 23.3. The summed E-state index contributed by atoms with van der Waals surface area (Å²) in [6.45, 7) is 1.80. The maximum absolute atomic E-state index is 11.1. The van der Waals surface area contributed by atoms with Crippen molar-refractivity contribution < 1.29 is 9.59 Å². The van der Waals surface area contributed by atoms with Gasteiger partial charge in [-0.15, -0.1) is 11.8 Å². The monoisotopic (exact) mass is 263 g/mol. The van der Waals surface area contributed by atoms with E-state index < -0.39 is 11.7 Å². The first-order valence-corrected chi connectivity index (χ1v) is 7.19. The van der Waals surface area contributed by atoms with Crippen molar-refractivity contribution in [1.29, 1.82) is 0 Å². The largest absolute Gasteiger partial charge is 0.349 e. The van der Waals surface area contributed by atoms with Crippen LogP contribution in [0.25, 0.3) is 0 Å². The van der Waals surface area contributed by atoms with Crippen molar-refractivity contribution in [2.24, 2.45) is 0 Å². The summed E-state index contributed by atoms with van der Waals surface area (Å²) < 4.78 is 0. The molecule has 0 spiro atoms. The van der Waals surface area contributed by atoms with Crippen LogP contribution in [-0.2, 0) is 22.4 Å². The lowest BCUT2D eigenvalue weighted by Crippen LogP contribution is -2.30. The molecule has 1 aromatic carbocycles. The van der Waals surface area contributed by atoms with Gasteiger partial charge in [0.05, 0.1) is 0 Å². The summed E-state index contributed by atoms with van der Waals surface area (Å²) in [7, 11) is 0. The molecule has 18 heavy (non-hydrogen) atoms. The molecule has 0 saturated heterocycles. The van der Waals surface area contributed by atoms with Crippen molar-refractivity contribution in [1.82, 2.24) is 5.32 Å². The van der Waals surface area contributed by atoms with Crippen LogP contribution in [-0.4, -0.2) is 24.0 Å². The van der Waals surface area contributed by atoms with Crippen LogP contribution in [0.5, 0.6) is 0 Å². The number of fused-ring (bicyclic) bond motifs is 1. The number of aryl methyl sites for hydroxylation is 1. The summed E-state index contributed by atoms with van der Waals surface area (Å²) in [6, 6.07) is 6.50. The van der Waals surface area contributed by atoms with Crippen LogP contribution in [0.4, 0.5) is 0 Å². The van der Waals surface area contributed by atoms with Crippen LogP contribution in [0.3, 0.4) is 0 Å². The average Bonchev–Trinajstić information content (AvgIpc) is 2.38. The minimum atomic E-state index is -0.497. The Hall–Kier alpha value is -1.29. The number of rotatable bonds is 4. The molecule has 0 fully saturated rings.